The molecule has 156 valence electrons. The summed E-state index contributed by atoms with van der Waals surface area (Å²) in [6.45, 7) is 3.56. The molecular weight excluding hydrogens is 380 g/mol. The molecular formula is C23H26N4O3. The molecule has 0 atom stereocenters. The first-order chi connectivity index (χ1) is 14.6. The number of carbonyl (C=O) groups is 1. The summed E-state index contributed by atoms with van der Waals surface area (Å²) in [5, 5.41) is 3.33. The van der Waals surface area contributed by atoms with Crippen LogP contribution in [0.5, 0.6) is 0 Å². The van der Waals surface area contributed by atoms with E-state index in [-0.39, 0.29) is 24.6 Å². The minimum Gasteiger partial charge on any atom is -0.353 e. The number of rotatable bonds is 7. The fourth-order valence-electron chi connectivity index (χ4n) is 3.99. The Morgan fingerprint density at radius 3 is 2.37 bits per heavy atom. The molecule has 1 amide bonds. The molecule has 1 saturated heterocycles. The molecule has 0 bridgehead atoms. The van der Waals surface area contributed by atoms with Crippen LogP contribution in [0.15, 0.2) is 64.2 Å². The van der Waals surface area contributed by atoms with Crippen molar-refractivity contribution in [2.75, 3.05) is 26.2 Å². The van der Waals surface area contributed by atoms with Crippen molar-refractivity contribution in [3.05, 3.63) is 81.0 Å². The van der Waals surface area contributed by atoms with E-state index < -0.39 is 5.69 Å². The maximum Gasteiger partial charge on any atom is 0.332 e. The number of carbonyl (C=O) groups excluding carboxylic acids is 1. The Labute approximate surface area is 174 Å². The Morgan fingerprint density at radius 2 is 1.60 bits per heavy atom. The van der Waals surface area contributed by atoms with Crippen molar-refractivity contribution in [2.24, 2.45) is 0 Å². The predicted octanol–water partition coefficient (Wildman–Crippen LogP) is 1.42. The molecule has 2 heterocycles. The number of benzene rings is 2. The van der Waals surface area contributed by atoms with Crippen LogP contribution in [0.2, 0.25) is 0 Å². The van der Waals surface area contributed by atoms with Crippen molar-refractivity contribution < 1.29 is 4.79 Å². The number of hydrogen-bond donors (Lipinski definition) is 1. The van der Waals surface area contributed by atoms with E-state index in [1.807, 2.05) is 30.3 Å². The summed E-state index contributed by atoms with van der Waals surface area (Å²) < 4.78 is 2.60. The fourth-order valence-corrected chi connectivity index (χ4v) is 3.99. The molecule has 1 aliphatic heterocycles. The fraction of sp³-hybridized carbons (Fsp3) is 0.348. The summed E-state index contributed by atoms with van der Waals surface area (Å²) in [6.07, 6.45) is 2.41. The van der Waals surface area contributed by atoms with Crippen molar-refractivity contribution in [3.8, 4) is 0 Å². The van der Waals surface area contributed by atoms with Crippen LogP contribution >= 0.6 is 0 Å². The molecule has 1 aromatic heterocycles. The average Bonchev–Trinajstić information content (AvgIpc) is 3.28. The SMILES string of the molecule is O=C(Cn1c(=O)n(Cc2ccccc2)c(=O)c2ccccc21)NCCN1CCCC1. The summed E-state index contributed by atoms with van der Waals surface area (Å²) in [7, 11) is 0. The Morgan fingerprint density at radius 1 is 0.900 bits per heavy atom. The van der Waals surface area contributed by atoms with Gasteiger partial charge in [-0.2, -0.15) is 0 Å². The van der Waals surface area contributed by atoms with E-state index >= 15 is 0 Å². The van der Waals surface area contributed by atoms with Crippen LogP contribution in [-0.4, -0.2) is 46.1 Å². The Kier molecular flexibility index (Phi) is 6.09. The first kappa shape index (κ1) is 20.1. The van der Waals surface area contributed by atoms with Gasteiger partial charge in [0, 0.05) is 13.1 Å². The van der Waals surface area contributed by atoms with Crippen LogP contribution < -0.4 is 16.6 Å². The van der Waals surface area contributed by atoms with Crippen molar-refractivity contribution in [2.45, 2.75) is 25.9 Å². The second kappa shape index (κ2) is 9.09. The van der Waals surface area contributed by atoms with Gasteiger partial charge in [0.05, 0.1) is 17.4 Å². The highest BCUT2D eigenvalue weighted by molar-refractivity contribution is 5.81. The number of nitrogens with one attached hydrogen (secondary N) is 1. The summed E-state index contributed by atoms with van der Waals surface area (Å²) >= 11 is 0. The van der Waals surface area contributed by atoms with Gasteiger partial charge in [0.1, 0.15) is 6.54 Å². The van der Waals surface area contributed by atoms with Gasteiger partial charge in [0.2, 0.25) is 5.91 Å². The van der Waals surface area contributed by atoms with Gasteiger partial charge in [0.25, 0.3) is 5.56 Å². The molecule has 2 aromatic carbocycles. The van der Waals surface area contributed by atoms with Crippen LogP contribution in [0.25, 0.3) is 10.9 Å². The van der Waals surface area contributed by atoms with E-state index in [1.54, 1.807) is 24.3 Å². The lowest BCUT2D eigenvalue weighted by Crippen LogP contribution is -2.43. The molecule has 7 heteroatoms. The molecule has 0 radical (unpaired) electrons. The quantitative estimate of drug-likeness (QED) is 0.644. The first-order valence-electron chi connectivity index (χ1n) is 10.4. The minimum absolute atomic E-state index is 0.117. The highest BCUT2D eigenvalue weighted by Gasteiger charge is 2.16. The van der Waals surface area contributed by atoms with Crippen molar-refractivity contribution in [1.82, 2.24) is 19.4 Å². The Balaban J connectivity index is 1.60. The highest BCUT2D eigenvalue weighted by Crippen LogP contribution is 2.09. The van der Waals surface area contributed by atoms with E-state index in [4.69, 9.17) is 0 Å². The average molecular weight is 406 g/mol. The number of likely N-dealkylation sites (tertiary alicyclic amines) is 1. The van der Waals surface area contributed by atoms with E-state index in [0.29, 0.717) is 17.4 Å². The molecule has 30 heavy (non-hydrogen) atoms. The molecule has 0 saturated carbocycles. The van der Waals surface area contributed by atoms with Gasteiger partial charge in [-0.3, -0.25) is 18.7 Å². The van der Waals surface area contributed by atoms with Gasteiger partial charge >= 0.3 is 5.69 Å². The summed E-state index contributed by atoms with van der Waals surface area (Å²) in [5.74, 6) is -0.230. The standard InChI is InChI=1S/C23H26N4O3/c28-21(24-12-15-25-13-6-7-14-25)17-26-20-11-5-4-10-19(20)22(29)27(23(26)30)16-18-8-2-1-3-9-18/h1-5,8-11H,6-7,12-17H2,(H,24,28). The molecule has 0 unspecified atom stereocenters. The molecule has 3 aromatic rings. The number of fused-ring (bicyclic) bond motifs is 1. The van der Waals surface area contributed by atoms with Crippen LogP contribution in [0, 0.1) is 0 Å². The van der Waals surface area contributed by atoms with Crippen LogP contribution in [0.3, 0.4) is 0 Å². The summed E-state index contributed by atoms with van der Waals surface area (Å²) in [4.78, 5) is 41.0. The van der Waals surface area contributed by atoms with Crippen molar-refractivity contribution in [1.29, 1.82) is 0 Å². The molecule has 1 fully saturated rings. The van der Waals surface area contributed by atoms with Gasteiger partial charge < -0.3 is 10.2 Å². The number of para-hydroxylation sites is 1. The second-order valence-corrected chi connectivity index (χ2v) is 7.66. The number of nitrogens with zero attached hydrogens (tertiary/aromatic N) is 3. The number of hydrogen-bond acceptors (Lipinski definition) is 4. The zero-order chi connectivity index (χ0) is 20.9. The van der Waals surface area contributed by atoms with Crippen LogP contribution in [-0.2, 0) is 17.9 Å². The zero-order valence-corrected chi connectivity index (χ0v) is 16.9. The van der Waals surface area contributed by atoms with Crippen LogP contribution in [0.1, 0.15) is 18.4 Å². The maximum atomic E-state index is 13.2. The monoisotopic (exact) mass is 406 g/mol. The molecule has 0 spiro atoms. The van der Waals surface area contributed by atoms with Crippen molar-refractivity contribution >= 4 is 16.8 Å². The third-order valence-corrected chi connectivity index (χ3v) is 5.57. The smallest absolute Gasteiger partial charge is 0.332 e. The third kappa shape index (κ3) is 4.36. The van der Waals surface area contributed by atoms with E-state index in [0.717, 1.165) is 25.2 Å². The normalized spacial score (nSPS) is 14.3. The topological polar surface area (TPSA) is 76.3 Å². The van der Waals surface area contributed by atoms with Crippen LogP contribution in [0.4, 0.5) is 0 Å². The largest absolute Gasteiger partial charge is 0.353 e. The Bertz CT molecular complexity index is 1140. The van der Waals surface area contributed by atoms with Gasteiger partial charge in [-0.1, -0.05) is 42.5 Å². The van der Waals surface area contributed by atoms with Gasteiger partial charge in [-0.05, 0) is 43.6 Å². The third-order valence-electron chi connectivity index (χ3n) is 5.57. The van der Waals surface area contributed by atoms with Gasteiger partial charge in [0.15, 0.2) is 0 Å². The zero-order valence-electron chi connectivity index (χ0n) is 16.9. The molecule has 0 aliphatic carbocycles. The minimum atomic E-state index is -0.475. The van der Waals surface area contributed by atoms with E-state index in [1.165, 1.54) is 22.0 Å². The van der Waals surface area contributed by atoms with E-state index in [9.17, 15) is 14.4 Å². The van der Waals surface area contributed by atoms with Gasteiger partial charge in [-0.15, -0.1) is 0 Å². The van der Waals surface area contributed by atoms with E-state index in [2.05, 4.69) is 10.2 Å². The number of aromatic nitrogens is 2. The predicted molar refractivity (Wildman–Crippen MR) is 117 cm³/mol. The number of amides is 1. The molecule has 4 rings (SSSR count). The summed E-state index contributed by atoms with van der Waals surface area (Å²) in [5.41, 5.74) is 0.516. The van der Waals surface area contributed by atoms with Gasteiger partial charge in [-0.25, -0.2) is 4.79 Å². The lowest BCUT2D eigenvalue weighted by Gasteiger charge is -2.16. The molecule has 7 nitrogen and oxygen atoms in total. The maximum absolute atomic E-state index is 13.2. The summed E-state index contributed by atoms with van der Waals surface area (Å²) in [6, 6.07) is 16.3. The lowest BCUT2D eigenvalue weighted by atomic mass is 10.2. The lowest BCUT2D eigenvalue weighted by molar-refractivity contribution is -0.121. The Hall–Kier alpha value is -3.19. The van der Waals surface area contributed by atoms with Crippen molar-refractivity contribution in [3.63, 3.8) is 0 Å². The first-order valence-corrected chi connectivity index (χ1v) is 10.4. The second-order valence-electron chi connectivity index (χ2n) is 7.66. The molecule has 1 N–H and O–H groups in total. The molecule has 1 aliphatic rings. The highest BCUT2D eigenvalue weighted by atomic mass is 16.2.